The van der Waals surface area contributed by atoms with Crippen LogP contribution in [0.2, 0.25) is 0 Å². The molecule has 0 aliphatic carbocycles. The molecule has 0 aromatic heterocycles. The summed E-state index contributed by atoms with van der Waals surface area (Å²) >= 11 is 0. The van der Waals surface area contributed by atoms with Gasteiger partial charge in [-0.25, -0.2) is 0 Å². The summed E-state index contributed by atoms with van der Waals surface area (Å²) in [7, 11) is 1.82. The molecule has 2 atom stereocenters. The molecule has 0 radical (unpaired) electrons. The van der Waals surface area contributed by atoms with Crippen molar-refractivity contribution in [2.24, 2.45) is 10.9 Å². The smallest absolute Gasteiger partial charge is 0.191 e. The maximum absolute atomic E-state index is 4.28. The van der Waals surface area contributed by atoms with Crippen LogP contribution in [0.4, 0.5) is 0 Å². The summed E-state index contributed by atoms with van der Waals surface area (Å²) in [6.45, 7) is 11.8. The zero-order valence-corrected chi connectivity index (χ0v) is 16.4. The van der Waals surface area contributed by atoms with Crippen molar-refractivity contribution < 1.29 is 0 Å². The maximum atomic E-state index is 4.28. The topological polar surface area (TPSA) is 36.4 Å². The van der Waals surface area contributed by atoms with Crippen molar-refractivity contribution in [3.8, 4) is 0 Å². The van der Waals surface area contributed by atoms with E-state index in [-0.39, 0.29) is 24.0 Å². The minimum atomic E-state index is 0. The molecule has 2 N–H and O–H groups in total. The predicted molar refractivity (Wildman–Crippen MR) is 104 cm³/mol. The standard InChI is InChI=1S/C17H29N3.HI/c1-12(2)15(5)20-17(18-6)19-11-14(4)16-9-7-13(3)8-10-16;/h7-10,12,14-15H,11H2,1-6H3,(H2,18,19,20);1H. The second-order valence-electron chi connectivity index (χ2n) is 5.94. The molecule has 1 rings (SSSR count). The Morgan fingerprint density at radius 2 is 1.67 bits per heavy atom. The van der Waals surface area contributed by atoms with Gasteiger partial charge < -0.3 is 10.6 Å². The SMILES string of the molecule is CN=C(NCC(C)c1ccc(C)cc1)NC(C)C(C)C.I. The van der Waals surface area contributed by atoms with E-state index in [2.05, 4.69) is 74.5 Å². The van der Waals surface area contributed by atoms with Crippen LogP contribution < -0.4 is 10.6 Å². The lowest BCUT2D eigenvalue weighted by Gasteiger charge is -2.22. The third-order valence-corrected chi connectivity index (χ3v) is 3.81. The predicted octanol–water partition coefficient (Wildman–Crippen LogP) is 3.93. The molecule has 0 heterocycles. The monoisotopic (exact) mass is 403 g/mol. The number of halogens is 1. The molecule has 2 unspecified atom stereocenters. The van der Waals surface area contributed by atoms with Gasteiger partial charge in [0.1, 0.15) is 0 Å². The highest BCUT2D eigenvalue weighted by atomic mass is 127. The highest BCUT2D eigenvalue weighted by Gasteiger charge is 2.10. The molecule has 3 nitrogen and oxygen atoms in total. The molecule has 1 aromatic rings. The van der Waals surface area contributed by atoms with Crippen molar-refractivity contribution in [2.75, 3.05) is 13.6 Å². The van der Waals surface area contributed by atoms with Gasteiger partial charge in [0.05, 0.1) is 0 Å². The number of nitrogens with zero attached hydrogens (tertiary/aromatic N) is 1. The van der Waals surface area contributed by atoms with Crippen LogP contribution in [0, 0.1) is 12.8 Å². The fraction of sp³-hybridized carbons (Fsp3) is 0.588. The van der Waals surface area contributed by atoms with E-state index in [0.717, 1.165) is 12.5 Å². The minimum absolute atomic E-state index is 0. The summed E-state index contributed by atoms with van der Waals surface area (Å²) in [6, 6.07) is 9.15. The lowest BCUT2D eigenvalue weighted by atomic mass is 10.0. The highest BCUT2D eigenvalue weighted by Crippen LogP contribution is 2.14. The first-order valence-corrected chi connectivity index (χ1v) is 7.47. The van der Waals surface area contributed by atoms with E-state index in [9.17, 15) is 0 Å². The van der Waals surface area contributed by atoms with Gasteiger partial charge in [0.15, 0.2) is 5.96 Å². The van der Waals surface area contributed by atoms with Crippen LogP contribution in [0.3, 0.4) is 0 Å². The normalized spacial score (nSPS) is 14.3. The van der Waals surface area contributed by atoms with Gasteiger partial charge in [0.2, 0.25) is 0 Å². The molecule has 21 heavy (non-hydrogen) atoms. The van der Waals surface area contributed by atoms with Crippen molar-refractivity contribution in [3.63, 3.8) is 0 Å². The number of hydrogen-bond donors (Lipinski definition) is 2. The van der Waals surface area contributed by atoms with Gasteiger partial charge in [-0.3, -0.25) is 4.99 Å². The van der Waals surface area contributed by atoms with Crippen molar-refractivity contribution >= 4 is 29.9 Å². The number of rotatable bonds is 5. The number of hydrogen-bond acceptors (Lipinski definition) is 1. The van der Waals surface area contributed by atoms with Crippen LogP contribution in [0.1, 0.15) is 44.7 Å². The summed E-state index contributed by atoms with van der Waals surface area (Å²) in [5.41, 5.74) is 2.66. The Kier molecular flexibility index (Phi) is 9.66. The molecule has 0 aliphatic rings. The molecule has 0 saturated heterocycles. The van der Waals surface area contributed by atoms with Gasteiger partial charge in [-0.1, -0.05) is 50.6 Å². The van der Waals surface area contributed by atoms with Gasteiger partial charge in [0, 0.05) is 19.6 Å². The first-order valence-electron chi connectivity index (χ1n) is 7.47. The van der Waals surface area contributed by atoms with Crippen molar-refractivity contribution in [1.29, 1.82) is 0 Å². The Bertz CT molecular complexity index is 426. The van der Waals surface area contributed by atoms with Gasteiger partial charge in [-0.15, -0.1) is 24.0 Å². The quantitative estimate of drug-likeness (QED) is 0.444. The number of benzene rings is 1. The number of aliphatic imine (C=N–C) groups is 1. The zero-order chi connectivity index (χ0) is 15.1. The second-order valence-corrected chi connectivity index (χ2v) is 5.94. The largest absolute Gasteiger partial charge is 0.356 e. The fourth-order valence-corrected chi connectivity index (χ4v) is 1.84. The van der Waals surface area contributed by atoms with E-state index >= 15 is 0 Å². The molecule has 0 bridgehead atoms. The molecular formula is C17H30IN3. The van der Waals surface area contributed by atoms with Crippen LogP contribution in [-0.2, 0) is 0 Å². The molecule has 0 fully saturated rings. The third kappa shape index (κ3) is 7.16. The third-order valence-electron chi connectivity index (χ3n) is 3.81. The van der Waals surface area contributed by atoms with Gasteiger partial charge in [-0.05, 0) is 31.2 Å². The minimum Gasteiger partial charge on any atom is -0.356 e. The van der Waals surface area contributed by atoms with E-state index in [1.165, 1.54) is 11.1 Å². The Hall–Kier alpha value is -0.780. The number of nitrogens with one attached hydrogen (secondary N) is 2. The van der Waals surface area contributed by atoms with Gasteiger partial charge in [-0.2, -0.15) is 0 Å². The molecule has 0 spiro atoms. The maximum Gasteiger partial charge on any atom is 0.191 e. The van der Waals surface area contributed by atoms with Crippen LogP contribution in [0.15, 0.2) is 29.3 Å². The van der Waals surface area contributed by atoms with E-state index in [4.69, 9.17) is 0 Å². The van der Waals surface area contributed by atoms with E-state index in [1.54, 1.807) is 0 Å². The Morgan fingerprint density at radius 3 is 2.14 bits per heavy atom. The average molecular weight is 403 g/mol. The lowest BCUT2D eigenvalue weighted by Crippen LogP contribution is -2.45. The zero-order valence-electron chi connectivity index (χ0n) is 14.1. The summed E-state index contributed by atoms with van der Waals surface area (Å²) in [5.74, 6) is 1.93. The molecular weight excluding hydrogens is 373 g/mol. The van der Waals surface area contributed by atoms with Gasteiger partial charge in [0.25, 0.3) is 0 Å². The summed E-state index contributed by atoms with van der Waals surface area (Å²) in [5, 5.41) is 6.83. The summed E-state index contributed by atoms with van der Waals surface area (Å²) in [6.07, 6.45) is 0. The Labute approximate surface area is 147 Å². The first kappa shape index (κ1) is 20.2. The second kappa shape index (κ2) is 10.0. The fourth-order valence-electron chi connectivity index (χ4n) is 1.84. The molecule has 0 aliphatic heterocycles. The molecule has 120 valence electrons. The Morgan fingerprint density at radius 1 is 1.10 bits per heavy atom. The van der Waals surface area contributed by atoms with Gasteiger partial charge >= 0.3 is 0 Å². The van der Waals surface area contributed by atoms with Crippen LogP contribution >= 0.6 is 24.0 Å². The van der Waals surface area contributed by atoms with Crippen molar-refractivity contribution in [3.05, 3.63) is 35.4 Å². The lowest BCUT2D eigenvalue weighted by molar-refractivity contribution is 0.480. The van der Waals surface area contributed by atoms with Crippen LogP contribution in [0.5, 0.6) is 0 Å². The van der Waals surface area contributed by atoms with Crippen molar-refractivity contribution in [2.45, 2.75) is 46.6 Å². The highest BCUT2D eigenvalue weighted by molar-refractivity contribution is 14.0. The van der Waals surface area contributed by atoms with E-state index in [1.807, 2.05) is 7.05 Å². The molecule has 1 aromatic carbocycles. The first-order chi connectivity index (χ1) is 9.43. The molecule has 0 saturated carbocycles. The van der Waals surface area contributed by atoms with Crippen LogP contribution in [0.25, 0.3) is 0 Å². The molecule has 0 amide bonds. The Balaban J connectivity index is 0.00000400. The average Bonchev–Trinajstić information content (AvgIpc) is 2.43. The summed E-state index contributed by atoms with van der Waals surface area (Å²) < 4.78 is 0. The number of guanidine groups is 1. The summed E-state index contributed by atoms with van der Waals surface area (Å²) in [4.78, 5) is 4.28. The van der Waals surface area contributed by atoms with Crippen LogP contribution in [-0.4, -0.2) is 25.6 Å². The molecule has 4 heteroatoms. The van der Waals surface area contributed by atoms with E-state index < -0.39 is 0 Å². The number of aryl methyl sites for hydroxylation is 1. The van der Waals surface area contributed by atoms with Crippen molar-refractivity contribution in [1.82, 2.24) is 10.6 Å². The van der Waals surface area contributed by atoms with E-state index in [0.29, 0.717) is 17.9 Å².